The first kappa shape index (κ1) is 27.1. The molecule has 0 radical (unpaired) electrons. The minimum absolute atomic E-state index is 0. The van der Waals surface area contributed by atoms with Crippen molar-refractivity contribution in [3.05, 3.63) is 0 Å². The summed E-state index contributed by atoms with van der Waals surface area (Å²) in [4.78, 5) is 10.6. The maximum atomic E-state index is 10.6. The number of rotatable bonds is 18. The number of ether oxygens (including phenoxy) is 1. The minimum atomic E-state index is -1.13. The summed E-state index contributed by atoms with van der Waals surface area (Å²) < 4.78 is 4.84. The fourth-order valence-corrected chi connectivity index (χ4v) is 3.28. The van der Waals surface area contributed by atoms with E-state index in [2.05, 4.69) is 13.8 Å². The molecule has 4 heteroatoms. The van der Waals surface area contributed by atoms with Crippen LogP contribution in [-0.4, -0.2) is 36.7 Å². The normalized spacial score (nSPS) is 11.8. The average Bonchev–Trinajstić information content (AvgIpc) is 2.57. The SMILES string of the molecule is CCCCCCCCCCC(CCCCCCCC)COC(=O)O.[LiH]. The van der Waals surface area contributed by atoms with Gasteiger partial charge in [-0.1, -0.05) is 104 Å². The molecule has 0 aliphatic rings. The Labute approximate surface area is 168 Å². The van der Waals surface area contributed by atoms with E-state index in [1.54, 1.807) is 0 Å². The molecule has 146 valence electrons. The van der Waals surface area contributed by atoms with Gasteiger partial charge < -0.3 is 9.84 Å². The van der Waals surface area contributed by atoms with Crippen LogP contribution in [0.5, 0.6) is 0 Å². The number of unbranched alkanes of at least 4 members (excludes halogenated alkanes) is 12. The van der Waals surface area contributed by atoms with Crippen molar-refractivity contribution in [1.82, 2.24) is 0 Å². The van der Waals surface area contributed by atoms with Gasteiger partial charge >= 0.3 is 25.0 Å². The van der Waals surface area contributed by atoms with Gasteiger partial charge in [0.05, 0.1) is 6.61 Å². The summed E-state index contributed by atoms with van der Waals surface area (Å²) in [6, 6.07) is 0. The molecule has 0 aromatic carbocycles. The summed E-state index contributed by atoms with van der Waals surface area (Å²) in [5, 5.41) is 8.72. The Morgan fingerprint density at radius 2 is 1.08 bits per heavy atom. The fraction of sp³-hybridized carbons (Fsp3) is 0.952. The molecule has 1 atom stereocenters. The molecular weight excluding hydrogens is 307 g/mol. The van der Waals surface area contributed by atoms with E-state index >= 15 is 0 Å². The molecule has 0 saturated heterocycles. The van der Waals surface area contributed by atoms with Crippen LogP contribution in [0.3, 0.4) is 0 Å². The zero-order chi connectivity index (χ0) is 17.9. The average molecular weight is 351 g/mol. The molecule has 0 spiro atoms. The van der Waals surface area contributed by atoms with Gasteiger partial charge in [-0.05, 0) is 18.8 Å². The predicted molar refractivity (Wildman–Crippen MR) is 110 cm³/mol. The second kappa shape index (κ2) is 21.9. The summed E-state index contributed by atoms with van der Waals surface area (Å²) in [5.41, 5.74) is 0. The fourth-order valence-electron chi connectivity index (χ4n) is 3.28. The summed E-state index contributed by atoms with van der Waals surface area (Å²) in [7, 11) is 0. The predicted octanol–water partition coefficient (Wildman–Crippen LogP) is 6.93. The van der Waals surface area contributed by atoms with Crippen LogP contribution < -0.4 is 0 Å². The van der Waals surface area contributed by atoms with Crippen molar-refractivity contribution in [1.29, 1.82) is 0 Å². The molecule has 0 rings (SSSR count). The maximum absolute atomic E-state index is 10.6. The first-order valence-corrected chi connectivity index (χ1v) is 10.6. The topological polar surface area (TPSA) is 46.5 Å². The molecule has 0 amide bonds. The molecule has 25 heavy (non-hydrogen) atoms. The zero-order valence-electron chi connectivity index (χ0n) is 16.4. The molecule has 0 heterocycles. The van der Waals surface area contributed by atoms with Gasteiger partial charge in [0.1, 0.15) is 0 Å². The number of hydrogen-bond acceptors (Lipinski definition) is 2. The Morgan fingerprint density at radius 1 is 0.720 bits per heavy atom. The van der Waals surface area contributed by atoms with Crippen LogP contribution in [0.1, 0.15) is 117 Å². The third kappa shape index (κ3) is 21.8. The molecule has 0 fully saturated rings. The first-order valence-electron chi connectivity index (χ1n) is 10.6. The second-order valence-electron chi connectivity index (χ2n) is 7.26. The van der Waals surface area contributed by atoms with Crippen LogP contribution in [0.25, 0.3) is 0 Å². The number of carbonyl (C=O) groups is 1. The van der Waals surface area contributed by atoms with Gasteiger partial charge in [0.15, 0.2) is 0 Å². The second-order valence-corrected chi connectivity index (χ2v) is 7.26. The van der Waals surface area contributed by atoms with E-state index in [0.29, 0.717) is 12.5 Å². The van der Waals surface area contributed by atoms with Gasteiger partial charge in [0, 0.05) is 0 Å². The van der Waals surface area contributed by atoms with Crippen molar-refractivity contribution >= 4 is 25.0 Å². The van der Waals surface area contributed by atoms with Crippen LogP contribution in [-0.2, 0) is 4.74 Å². The van der Waals surface area contributed by atoms with Crippen molar-refractivity contribution in [2.24, 2.45) is 5.92 Å². The molecule has 3 nitrogen and oxygen atoms in total. The molecule has 0 saturated carbocycles. The number of carboxylic acid groups (broad SMARTS) is 1. The zero-order valence-corrected chi connectivity index (χ0v) is 16.4. The molecular formula is C21H43LiO3. The third-order valence-corrected chi connectivity index (χ3v) is 4.87. The van der Waals surface area contributed by atoms with Crippen molar-refractivity contribution < 1.29 is 14.6 Å². The summed E-state index contributed by atoms with van der Waals surface area (Å²) in [6.07, 6.45) is 19.5. The Hall–Kier alpha value is -0.133. The van der Waals surface area contributed by atoms with E-state index in [9.17, 15) is 4.79 Å². The Morgan fingerprint density at radius 3 is 1.44 bits per heavy atom. The molecule has 1 N–H and O–H groups in total. The van der Waals surface area contributed by atoms with Crippen molar-refractivity contribution in [3.8, 4) is 0 Å². The van der Waals surface area contributed by atoms with Gasteiger partial charge in [-0.3, -0.25) is 0 Å². The monoisotopic (exact) mass is 350 g/mol. The summed E-state index contributed by atoms with van der Waals surface area (Å²) in [5.74, 6) is 0.423. The summed E-state index contributed by atoms with van der Waals surface area (Å²) in [6.45, 7) is 4.88. The van der Waals surface area contributed by atoms with Crippen LogP contribution in [0.2, 0.25) is 0 Å². The van der Waals surface area contributed by atoms with Crippen molar-refractivity contribution in [2.75, 3.05) is 6.61 Å². The molecule has 0 aliphatic carbocycles. The van der Waals surface area contributed by atoms with Crippen LogP contribution >= 0.6 is 0 Å². The van der Waals surface area contributed by atoms with Crippen LogP contribution in [0.4, 0.5) is 4.79 Å². The molecule has 0 aromatic heterocycles. The van der Waals surface area contributed by atoms with E-state index in [4.69, 9.17) is 9.84 Å². The van der Waals surface area contributed by atoms with Crippen LogP contribution in [0, 0.1) is 5.92 Å². The van der Waals surface area contributed by atoms with Gasteiger partial charge in [-0.2, -0.15) is 0 Å². The summed E-state index contributed by atoms with van der Waals surface area (Å²) >= 11 is 0. The van der Waals surface area contributed by atoms with Gasteiger partial charge in [-0.15, -0.1) is 0 Å². The van der Waals surface area contributed by atoms with E-state index in [-0.39, 0.29) is 18.9 Å². The standard InChI is InChI=1S/C21H42O3.Li.H/c1-3-5-7-9-11-12-14-16-18-20(19-24-21(22)23)17-15-13-10-8-6-4-2;;/h20H,3-19H2,1-2H3,(H,22,23);;. The van der Waals surface area contributed by atoms with E-state index in [0.717, 1.165) is 12.8 Å². The Balaban J connectivity index is 0. The molecule has 1 unspecified atom stereocenters. The van der Waals surface area contributed by atoms with E-state index in [1.807, 2.05) is 0 Å². The van der Waals surface area contributed by atoms with E-state index < -0.39 is 6.16 Å². The molecule has 0 aromatic rings. The Kier molecular flexibility index (Phi) is 23.7. The van der Waals surface area contributed by atoms with Crippen molar-refractivity contribution in [3.63, 3.8) is 0 Å². The Bertz CT molecular complexity index is 272. The van der Waals surface area contributed by atoms with Crippen molar-refractivity contribution in [2.45, 2.75) is 117 Å². The first-order chi connectivity index (χ1) is 11.7. The molecule has 0 bridgehead atoms. The quantitative estimate of drug-likeness (QED) is 0.166. The van der Waals surface area contributed by atoms with Gasteiger partial charge in [0.25, 0.3) is 0 Å². The molecule has 0 aliphatic heterocycles. The van der Waals surface area contributed by atoms with E-state index in [1.165, 1.54) is 89.9 Å². The van der Waals surface area contributed by atoms with Crippen LogP contribution in [0.15, 0.2) is 0 Å². The number of hydrogen-bond donors (Lipinski definition) is 1. The third-order valence-electron chi connectivity index (χ3n) is 4.87. The van der Waals surface area contributed by atoms with Gasteiger partial charge in [-0.25, -0.2) is 4.79 Å². The van der Waals surface area contributed by atoms with Gasteiger partial charge in [0.2, 0.25) is 0 Å².